The van der Waals surface area contributed by atoms with Gasteiger partial charge in [0.2, 0.25) is 0 Å². The van der Waals surface area contributed by atoms with Crippen molar-refractivity contribution in [1.82, 2.24) is 10.2 Å². The first-order chi connectivity index (χ1) is 10.3. The van der Waals surface area contributed by atoms with E-state index in [1.807, 2.05) is 0 Å². The van der Waals surface area contributed by atoms with Crippen LogP contribution in [0.5, 0.6) is 0 Å². The van der Waals surface area contributed by atoms with Crippen molar-refractivity contribution >= 4 is 0 Å². The standard InChI is InChI=1S/C19H30N2/c1-19(18-11-12-18)16-21(15-7-13-20-19)14-6-5-10-17-8-3-2-4-9-17/h2-4,8-9,18,20H,5-7,10-16H2,1H3. The van der Waals surface area contributed by atoms with Crippen molar-refractivity contribution in [2.75, 3.05) is 26.2 Å². The van der Waals surface area contributed by atoms with Crippen molar-refractivity contribution in [3.63, 3.8) is 0 Å². The predicted molar refractivity (Wildman–Crippen MR) is 89.6 cm³/mol. The number of nitrogens with one attached hydrogen (secondary N) is 1. The van der Waals surface area contributed by atoms with E-state index in [-0.39, 0.29) is 0 Å². The zero-order valence-electron chi connectivity index (χ0n) is 13.5. The van der Waals surface area contributed by atoms with Crippen molar-refractivity contribution in [1.29, 1.82) is 0 Å². The van der Waals surface area contributed by atoms with Gasteiger partial charge < -0.3 is 10.2 Å². The molecular formula is C19H30N2. The molecule has 2 fully saturated rings. The highest BCUT2D eigenvalue weighted by Crippen LogP contribution is 2.40. The summed E-state index contributed by atoms with van der Waals surface area (Å²) >= 11 is 0. The molecule has 1 aromatic carbocycles. The molecule has 116 valence electrons. The molecule has 1 aliphatic heterocycles. The number of aryl methyl sites for hydroxylation is 1. The van der Waals surface area contributed by atoms with Crippen LogP contribution in [-0.2, 0) is 6.42 Å². The number of hydrogen-bond acceptors (Lipinski definition) is 2. The van der Waals surface area contributed by atoms with Gasteiger partial charge in [-0.15, -0.1) is 0 Å². The third-order valence-corrected chi connectivity index (χ3v) is 5.24. The fourth-order valence-corrected chi connectivity index (χ4v) is 3.77. The molecule has 0 spiro atoms. The molecule has 21 heavy (non-hydrogen) atoms. The largest absolute Gasteiger partial charge is 0.310 e. The van der Waals surface area contributed by atoms with E-state index < -0.39 is 0 Å². The summed E-state index contributed by atoms with van der Waals surface area (Å²) in [7, 11) is 0. The van der Waals surface area contributed by atoms with Gasteiger partial charge in [-0.3, -0.25) is 0 Å². The van der Waals surface area contributed by atoms with Gasteiger partial charge in [-0.1, -0.05) is 30.3 Å². The summed E-state index contributed by atoms with van der Waals surface area (Å²) in [6.45, 7) is 7.46. The predicted octanol–water partition coefficient (Wildman–Crippen LogP) is 3.47. The number of nitrogens with zero attached hydrogens (tertiary/aromatic N) is 1. The van der Waals surface area contributed by atoms with Crippen LogP contribution in [0.3, 0.4) is 0 Å². The Kier molecular flexibility index (Phi) is 4.97. The molecule has 1 aromatic rings. The fourth-order valence-electron chi connectivity index (χ4n) is 3.77. The molecule has 0 amide bonds. The van der Waals surface area contributed by atoms with Gasteiger partial charge in [0.15, 0.2) is 0 Å². The summed E-state index contributed by atoms with van der Waals surface area (Å²) in [6, 6.07) is 10.9. The maximum atomic E-state index is 3.82. The molecule has 2 nitrogen and oxygen atoms in total. The first kappa shape index (κ1) is 15.1. The third-order valence-electron chi connectivity index (χ3n) is 5.24. The quantitative estimate of drug-likeness (QED) is 0.806. The zero-order valence-corrected chi connectivity index (χ0v) is 13.5. The molecule has 1 heterocycles. The van der Waals surface area contributed by atoms with Crippen LogP contribution < -0.4 is 5.32 Å². The summed E-state index contributed by atoms with van der Waals surface area (Å²) in [5, 5.41) is 3.82. The average Bonchev–Trinajstić information content (AvgIpc) is 3.33. The Morgan fingerprint density at radius 2 is 2.00 bits per heavy atom. The molecule has 3 rings (SSSR count). The number of unbranched alkanes of at least 4 members (excludes halogenated alkanes) is 1. The second kappa shape index (κ2) is 6.93. The number of hydrogen-bond donors (Lipinski definition) is 1. The van der Waals surface area contributed by atoms with Gasteiger partial charge in [0.05, 0.1) is 0 Å². The molecule has 1 atom stereocenters. The van der Waals surface area contributed by atoms with Gasteiger partial charge >= 0.3 is 0 Å². The summed E-state index contributed by atoms with van der Waals surface area (Å²) in [5.74, 6) is 0.933. The maximum absolute atomic E-state index is 3.82. The van der Waals surface area contributed by atoms with E-state index in [4.69, 9.17) is 0 Å². The van der Waals surface area contributed by atoms with Crippen LogP contribution in [-0.4, -0.2) is 36.6 Å². The second-order valence-electron chi connectivity index (χ2n) is 7.19. The molecule has 1 saturated heterocycles. The van der Waals surface area contributed by atoms with Crippen LogP contribution in [0.4, 0.5) is 0 Å². The van der Waals surface area contributed by atoms with E-state index in [2.05, 4.69) is 47.5 Å². The molecule has 0 radical (unpaired) electrons. The molecule has 0 aromatic heterocycles. The van der Waals surface area contributed by atoms with Crippen LogP contribution >= 0.6 is 0 Å². The monoisotopic (exact) mass is 286 g/mol. The first-order valence-corrected chi connectivity index (χ1v) is 8.78. The minimum Gasteiger partial charge on any atom is -0.310 e. The zero-order chi connectivity index (χ0) is 14.5. The Morgan fingerprint density at radius 1 is 1.19 bits per heavy atom. The van der Waals surface area contributed by atoms with Crippen LogP contribution in [0.15, 0.2) is 30.3 Å². The van der Waals surface area contributed by atoms with Gasteiger partial charge in [0.1, 0.15) is 0 Å². The summed E-state index contributed by atoms with van der Waals surface area (Å²) < 4.78 is 0. The van der Waals surface area contributed by atoms with Gasteiger partial charge in [-0.05, 0) is 76.6 Å². The van der Waals surface area contributed by atoms with E-state index >= 15 is 0 Å². The lowest BCUT2D eigenvalue weighted by molar-refractivity contribution is 0.198. The van der Waals surface area contributed by atoms with Gasteiger partial charge in [0, 0.05) is 12.1 Å². The van der Waals surface area contributed by atoms with E-state index in [1.165, 1.54) is 70.3 Å². The minimum absolute atomic E-state index is 0.385. The molecular weight excluding hydrogens is 256 g/mol. The van der Waals surface area contributed by atoms with Crippen LogP contribution in [0.1, 0.15) is 44.6 Å². The van der Waals surface area contributed by atoms with E-state index in [9.17, 15) is 0 Å². The third kappa shape index (κ3) is 4.31. The molecule has 0 bridgehead atoms. The smallest absolute Gasteiger partial charge is 0.0308 e. The van der Waals surface area contributed by atoms with E-state index in [1.54, 1.807) is 0 Å². The Morgan fingerprint density at radius 3 is 2.76 bits per heavy atom. The van der Waals surface area contributed by atoms with Crippen LogP contribution in [0.25, 0.3) is 0 Å². The summed E-state index contributed by atoms with van der Waals surface area (Å²) in [6.07, 6.45) is 8.05. The average molecular weight is 286 g/mol. The molecule has 1 N–H and O–H groups in total. The highest BCUT2D eigenvalue weighted by atomic mass is 15.2. The van der Waals surface area contributed by atoms with Crippen molar-refractivity contribution < 1.29 is 0 Å². The van der Waals surface area contributed by atoms with Crippen molar-refractivity contribution in [3.05, 3.63) is 35.9 Å². The second-order valence-corrected chi connectivity index (χ2v) is 7.19. The Balaban J connectivity index is 1.41. The SMILES string of the molecule is CC1(C2CC2)CN(CCCCc2ccccc2)CCCN1. The molecule has 1 saturated carbocycles. The minimum atomic E-state index is 0.385. The summed E-state index contributed by atoms with van der Waals surface area (Å²) in [4.78, 5) is 2.71. The molecule has 2 aliphatic rings. The highest BCUT2D eigenvalue weighted by molar-refractivity contribution is 5.14. The van der Waals surface area contributed by atoms with Crippen molar-refractivity contribution in [3.8, 4) is 0 Å². The maximum Gasteiger partial charge on any atom is 0.0308 e. The van der Waals surface area contributed by atoms with Gasteiger partial charge in [0.25, 0.3) is 0 Å². The number of rotatable bonds is 6. The van der Waals surface area contributed by atoms with Crippen molar-refractivity contribution in [2.45, 2.75) is 51.0 Å². The van der Waals surface area contributed by atoms with Crippen molar-refractivity contribution in [2.24, 2.45) is 5.92 Å². The Hall–Kier alpha value is -0.860. The van der Waals surface area contributed by atoms with Crippen LogP contribution in [0.2, 0.25) is 0 Å². The van der Waals surface area contributed by atoms with E-state index in [0.29, 0.717) is 5.54 Å². The lowest BCUT2D eigenvalue weighted by atomic mass is 9.95. The summed E-state index contributed by atoms with van der Waals surface area (Å²) in [5.41, 5.74) is 1.87. The van der Waals surface area contributed by atoms with Crippen LogP contribution in [0, 0.1) is 5.92 Å². The van der Waals surface area contributed by atoms with E-state index in [0.717, 1.165) is 5.92 Å². The fraction of sp³-hybridized carbons (Fsp3) is 0.684. The Labute approximate surface area is 129 Å². The lowest BCUT2D eigenvalue weighted by Gasteiger charge is -2.34. The van der Waals surface area contributed by atoms with Gasteiger partial charge in [-0.25, -0.2) is 0 Å². The Bertz CT molecular complexity index is 426. The first-order valence-electron chi connectivity index (χ1n) is 8.78. The normalized spacial score (nSPS) is 27.5. The highest BCUT2D eigenvalue weighted by Gasteiger charge is 2.42. The number of benzene rings is 1. The molecule has 1 unspecified atom stereocenters. The van der Waals surface area contributed by atoms with Gasteiger partial charge in [-0.2, -0.15) is 0 Å². The lowest BCUT2D eigenvalue weighted by Crippen LogP contribution is -2.51. The topological polar surface area (TPSA) is 15.3 Å². The molecule has 1 aliphatic carbocycles. The molecule has 2 heteroatoms.